The normalized spacial score (nSPS) is 16.0. The molecule has 1 atom stereocenters. The molecule has 8 nitrogen and oxygen atoms in total. The second-order valence-corrected chi connectivity index (χ2v) is 9.02. The lowest BCUT2D eigenvalue weighted by Crippen LogP contribution is -2.40. The summed E-state index contributed by atoms with van der Waals surface area (Å²) in [6.07, 6.45) is 8.55. The van der Waals surface area contributed by atoms with Gasteiger partial charge in [0, 0.05) is 42.1 Å². The Bertz CT molecular complexity index is 1620. The van der Waals surface area contributed by atoms with Gasteiger partial charge in [0.05, 0.1) is 11.4 Å². The summed E-state index contributed by atoms with van der Waals surface area (Å²) in [5.74, 6) is 0.0108. The van der Waals surface area contributed by atoms with E-state index >= 15 is 0 Å². The molecule has 1 amide bonds. The van der Waals surface area contributed by atoms with Gasteiger partial charge < -0.3 is 15.2 Å². The predicted molar refractivity (Wildman–Crippen MR) is 137 cm³/mol. The molecule has 1 fully saturated rings. The summed E-state index contributed by atoms with van der Waals surface area (Å²) in [5, 5.41) is 7.72. The van der Waals surface area contributed by atoms with Gasteiger partial charge >= 0.3 is 0 Å². The average molecular weight is 482 g/mol. The van der Waals surface area contributed by atoms with Crippen LogP contribution in [-0.2, 0) is 4.79 Å². The summed E-state index contributed by atoms with van der Waals surface area (Å²) in [6, 6.07) is 12.4. The van der Waals surface area contributed by atoms with E-state index in [9.17, 15) is 9.18 Å². The number of aromatic nitrogens is 5. The summed E-state index contributed by atoms with van der Waals surface area (Å²) < 4.78 is 17.2. The van der Waals surface area contributed by atoms with E-state index in [4.69, 9.17) is 10.8 Å². The molecule has 0 spiro atoms. The lowest BCUT2D eigenvalue weighted by atomic mass is 10.1. The Morgan fingerprint density at radius 1 is 1.11 bits per heavy atom. The van der Waals surface area contributed by atoms with E-state index in [0.717, 1.165) is 34.9 Å². The van der Waals surface area contributed by atoms with Gasteiger partial charge in [0.2, 0.25) is 5.91 Å². The highest BCUT2D eigenvalue weighted by atomic mass is 19.1. The number of carbonyl (C=O) groups excluding carboxylic acids is 1. The quantitative estimate of drug-likeness (QED) is 0.381. The van der Waals surface area contributed by atoms with Crippen LogP contribution < -0.4 is 5.73 Å². The maximum absolute atomic E-state index is 13.4. The maximum Gasteiger partial charge on any atom is 0.246 e. The minimum absolute atomic E-state index is 0.0310. The first-order valence-electron chi connectivity index (χ1n) is 11.8. The average Bonchev–Trinajstić information content (AvgIpc) is 3.51. The Morgan fingerprint density at radius 2 is 1.92 bits per heavy atom. The third-order valence-corrected chi connectivity index (χ3v) is 6.79. The van der Waals surface area contributed by atoms with Crippen molar-refractivity contribution in [2.24, 2.45) is 0 Å². The smallest absolute Gasteiger partial charge is 0.246 e. The van der Waals surface area contributed by atoms with Crippen LogP contribution in [0.2, 0.25) is 0 Å². The van der Waals surface area contributed by atoms with Gasteiger partial charge in [-0.1, -0.05) is 18.7 Å². The van der Waals surface area contributed by atoms with E-state index < -0.39 is 0 Å². The van der Waals surface area contributed by atoms with Crippen LogP contribution in [0.1, 0.15) is 18.9 Å². The molecular weight excluding hydrogens is 457 g/mol. The molecule has 0 radical (unpaired) electrons. The minimum Gasteiger partial charge on any atom is -0.383 e. The van der Waals surface area contributed by atoms with Crippen LogP contribution in [0.25, 0.3) is 38.8 Å². The minimum atomic E-state index is -0.269. The molecule has 1 aliphatic rings. The molecular formula is C27H24FN7O. The van der Waals surface area contributed by atoms with Crippen molar-refractivity contribution in [1.82, 2.24) is 29.2 Å². The largest absolute Gasteiger partial charge is 0.383 e. The Balaban J connectivity index is 1.44. The molecule has 0 saturated carbocycles. The number of piperidine rings is 1. The number of hydrogen-bond acceptors (Lipinski definition) is 5. The SMILES string of the molecule is C=CC(=O)N1CCC[C@@H](n2nc(-c3ccc4cn(-c5ccc(F)cc5)cc4c3)c3c(N)ncnc32)C1. The first-order chi connectivity index (χ1) is 17.5. The molecule has 2 aromatic carbocycles. The van der Waals surface area contributed by atoms with Crippen LogP contribution in [0.4, 0.5) is 10.2 Å². The van der Waals surface area contributed by atoms with E-state index in [0.29, 0.717) is 35.6 Å². The van der Waals surface area contributed by atoms with Crippen molar-refractivity contribution >= 4 is 33.5 Å². The number of fused-ring (bicyclic) bond motifs is 2. The number of nitrogen functional groups attached to an aromatic ring is 1. The van der Waals surface area contributed by atoms with Crippen LogP contribution in [-0.4, -0.2) is 48.2 Å². The molecule has 36 heavy (non-hydrogen) atoms. The van der Waals surface area contributed by atoms with Crippen LogP contribution >= 0.6 is 0 Å². The fraction of sp³-hybridized carbons (Fsp3) is 0.185. The maximum atomic E-state index is 13.4. The number of amides is 1. The van der Waals surface area contributed by atoms with E-state index in [2.05, 4.69) is 22.6 Å². The number of nitrogens with zero attached hydrogens (tertiary/aromatic N) is 6. The summed E-state index contributed by atoms with van der Waals surface area (Å²) in [6.45, 7) is 4.85. The number of hydrogen-bond donors (Lipinski definition) is 1. The topological polar surface area (TPSA) is 94.9 Å². The number of likely N-dealkylation sites (tertiary alicyclic amines) is 1. The molecule has 6 rings (SSSR count). The number of rotatable bonds is 4. The van der Waals surface area contributed by atoms with Gasteiger partial charge in [-0.25, -0.2) is 19.0 Å². The van der Waals surface area contributed by atoms with Crippen molar-refractivity contribution in [3.63, 3.8) is 0 Å². The fourth-order valence-corrected chi connectivity index (χ4v) is 4.99. The second-order valence-electron chi connectivity index (χ2n) is 9.02. The Labute approximate surface area is 206 Å². The number of nitrogens with two attached hydrogens (primary N) is 1. The molecule has 180 valence electrons. The van der Waals surface area contributed by atoms with Crippen LogP contribution in [0.3, 0.4) is 0 Å². The van der Waals surface area contributed by atoms with Crippen molar-refractivity contribution < 1.29 is 9.18 Å². The van der Waals surface area contributed by atoms with Crippen molar-refractivity contribution in [3.05, 3.63) is 79.7 Å². The number of halogens is 1. The lowest BCUT2D eigenvalue weighted by Gasteiger charge is -2.32. The van der Waals surface area contributed by atoms with Gasteiger partial charge in [0.25, 0.3) is 0 Å². The predicted octanol–water partition coefficient (Wildman–Crippen LogP) is 4.51. The summed E-state index contributed by atoms with van der Waals surface area (Å²) >= 11 is 0. The standard InChI is InChI=1S/C27H24FN7O/c1-2-23(36)33-11-3-4-22(15-33)35-27-24(26(29)30-16-31-27)25(32-35)17-5-6-18-13-34(14-19(18)12-17)21-9-7-20(28)8-10-21/h2,5-10,12-14,16,22H,1,3-4,11,15H2,(H2,29,30,31)/t22-/m1/s1. The van der Waals surface area contributed by atoms with Gasteiger partial charge in [0.1, 0.15) is 23.7 Å². The van der Waals surface area contributed by atoms with Gasteiger partial charge in [-0.2, -0.15) is 5.10 Å². The molecule has 5 aromatic rings. The summed E-state index contributed by atoms with van der Waals surface area (Å²) in [4.78, 5) is 22.8. The zero-order valence-electron chi connectivity index (χ0n) is 19.5. The highest BCUT2D eigenvalue weighted by Gasteiger charge is 2.28. The Hall–Kier alpha value is -4.53. The van der Waals surface area contributed by atoms with Gasteiger partial charge in [-0.05, 0) is 54.6 Å². The first kappa shape index (κ1) is 22.0. The molecule has 4 heterocycles. The fourth-order valence-electron chi connectivity index (χ4n) is 4.99. The number of benzene rings is 2. The van der Waals surface area contributed by atoms with Gasteiger partial charge in [0.15, 0.2) is 5.65 Å². The van der Waals surface area contributed by atoms with Crippen molar-refractivity contribution in [3.8, 4) is 16.9 Å². The van der Waals surface area contributed by atoms with E-state index in [1.807, 2.05) is 33.8 Å². The molecule has 0 bridgehead atoms. The van der Waals surface area contributed by atoms with E-state index in [1.165, 1.54) is 24.5 Å². The van der Waals surface area contributed by atoms with Crippen molar-refractivity contribution in [2.75, 3.05) is 18.8 Å². The molecule has 1 saturated heterocycles. The zero-order chi connectivity index (χ0) is 24.8. The third-order valence-electron chi connectivity index (χ3n) is 6.79. The van der Waals surface area contributed by atoms with Crippen LogP contribution in [0.5, 0.6) is 0 Å². The molecule has 2 N–H and O–H groups in total. The second kappa shape index (κ2) is 8.60. The van der Waals surface area contributed by atoms with Gasteiger partial charge in [-0.15, -0.1) is 0 Å². The molecule has 9 heteroatoms. The van der Waals surface area contributed by atoms with E-state index in [1.54, 1.807) is 17.0 Å². The van der Waals surface area contributed by atoms with Gasteiger partial charge in [-0.3, -0.25) is 4.79 Å². The van der Waals surface area contributed by atoms with Crippen molar-refractivity contribution in [2.45, 2.75) is 18.9 Å². The first-order valence-corrected chi connectivity index (χ1v) is 11.8. The lowest BCUT2D eigenvalue weighted by molar-refractivity contribution is -0.127. The monoisotopic (exact) mass is 481 g/mol. The summed E-state index contributed by atoms with van der Waals surface area (Å²) in [7, 11) is 0. The number of anilines is 1. The van der Waals surface area contributed by atoms with Crippen LogP contribution in [0, 0.1) is 5.82 Å². The Morgan fingerprint density at radius 3 is 2.72 bits per heavy atom. The van der Waals surface area contributed by atoms with Crippen molar-refractivity contribution in [1.29, 1.82) is 0 Å². The Kier molecular flexibility index (Phi) is 5.25. The molecule has 1 aliphatic heterocycles. The molecule has 0 aliphatic carbocycles. The summed E-state index contributed by atoms with van der Waals surface area (Å²) in [5.41, 5.74) is 9.44. The highest BCUT2D eigenvalue weighted by molar-refractivity contribution is 6.00. The highest BCUT2D eigenvalue weighted by Crippen LogP contribution is 2.35. The van der Waals surface area contributed by atoms with E-state index in [-0.39, 0.29) is 17.8 Å². The molecule has 3 aromatic heterocycles. The van der Waals surface area contributed by atoms with Crippen LogP contribution in [0.15, 0.2) is 73.8 Å². The zero-order valence-corrected chi connectivity index (χ0v) is 19.5. The third kappa shape index (κ3) is 3.69. The number of carbonyl (C=O) groups is 1. The molecule has 0 unspecified atom stereocenters.